The van der Waals surface area contributed by atoms with Crippen LogP contribution in [-0.2, 0) is 11.8 Å². The third kappa shape index (κ3) is 5.72. The standard InChI is InChI=1S/C21H21N3O3S/c1-15-6-8-19(9-7-15)28-11-10-20(25)27-18-5-3-4-17(12-18)23-21(26)16-13-22-24(2)14-16/h3-9,12-14H,10-11H2,1-2H3,(H,23,26). The van der Waals surface area contributed by atoms with Crippen LogP contribution in [0.15, 0.2) is 65.8 Å². The van der Waals surface area contributed by atoms with Gasteiger partial charge in [0.15, 0.2) is 0 Å². The zero-order valence-corrected chi connectivity index (χ0v) is 16.5. The summed E-state index contributed by atoms with van der Waals surface area (Å²) in [6.45, 7) is 2.04. The first-order valence-corrected chi connectivity index (χ1v) is 9.78. The van der Waals surface area contributed by atoms with Gasteiger partial charge in [-0.3, -0.25) is 14.3 Å². The van der Waals surface area contributed by atoms with E-state index in [4.69, 9.17) is 4.74 Å². The lowest BCUT2D eigenvalue weighted by molar-refractivity contribution is -0.133. The molecular formula is C21H21N3O3S. The third-order valence-corrected chi connectivity index (χ3v) is 4.90. The van der Waals surface area contributed by atoms with Gasteiger partial charge < -0.3 is 10.1 Å². The molecule has 6 nitrogen and oxygen atoms in total. The first-order chi connectivity index (χ1) is 13.5. The van der Waals surface area contributed by atoms with Crippen LogP contribution in [0.5, 0.6) is 5.75 Å². The average molecular weight is 395 g/mol. The monoisotopic (exact) mass is 395 g/mol. The Balaban J connectivity index is 1.50. The van der Waals surface area contributed by atoms with Crippen LogP contribution in [0.4, 0.5) is 5.69 Å². The first kappa shape index (κ1) is 19.7. The number of rotatable bonds is 7. The Kier molecular flexibility index (Phi) is 6.49. The van der Waals surface area contributed by atoms with Gasteiger partial charge >= 0.3 is 5.97 Å². The molecule has 0 aliphatic rings. The van der Waals surface area contributed by atoms with Crippen LogP contribution in [0.3, 0.4) is 0 Å². The fraction of sp³-hybridized carbons (Fsp3) is 0.190. The third-order valence-electron chi connectivity index (χ3n) is 3.89. The van der Waals surface area contributed by atoms with E-state index in [2.05, 4.69) is 10.4 Å². The van der Waals surface area contributed by atoms with Gasteiger partial charge in [0.1, 0.15) is 5.75 Å². The summed E-state index contributed by atoms with van der Waals surface area (Å²) >= 11 is 1.61. The number of nitrogens with one attached hydrogen (secondary N) is 1. The summed E-state index contributed by atoms with van der Waals surface area (Å²) in [5, 5.41) is 6.74. The second-order valence-electron chi connectivity index (χ2n) is 6.27. The van der Waals surface area contributed by atoms with Gasteiger partial charge in [0.2, 0.25) is 0 Å². The highest BCUT2D eigenvalue weighted by Crippen LogP contribution is 2.21. The predicted octanol–water partition coefficient (Wildman–Crippen LogP) is 4.07. The SMILES string of the molecule is Cc1ccc(SCCC(=O)Oc2cccc(NC(=O)c3cnn(C)c3)c2)cc1. The van der Waals surface area contributed by atoms with Crippen molar-refractivity contribution >= 4 is 29.3 Å². The molecule has 0 spiro atoms. The van der Waals surface area contributed by atoms with Crippen molar-refractivity contribution in [3.8, 4) is 5.75 Å². The summed E-state index contributed by atoms with van der Waals surface area (Å²) in [4.78, 5) is 25.4. The minimum absolute atomic E-state index is 0.272. The molecule has 1 amide bonds. The lowest BCUT2D eigenvalue weighted by atomic mass is 10.2. The van der Waals surface area contributed by atoms with E-state index in [9.17, 15) is 9.59 Å². The van der Waals surface area contributed by atoms with Crippen LogP contribution in [0.1, 0.15) is 22.3 Å². The van der Waals surface area contributed by atoms with Crippen LogP contribution < -0.4 is 10.1 Å². The maximum atomic E-state index is 12.2. The second kappa shape index (κ2) is 9.23. The Morgan fingerprint density at radius 3 is 2.68 bits per heavy atom. The first-order valence-electron chi connectivity index (χ1n) is 8.80. The van der Waals surface area contributed by atoms with Crippen molar-refractivity contribution in [3.05, 3.63) is 72.1 Å². The lowest BCUT2D eigenvalue weighted by Gasteiger charge is -2.08. The van der Waals surface area contributed by atoms with Crippen molar-refractivity contribution in [1.82, 2.24) is 9.78 Å². The molecule has 3 aromatic rings. The molecule has 7 heteroatoms. The fourth-order valence-corrected chi connectivity index (χ4v) is 3.28. The van der Waals surface area contributed by atoms with E-state index in [-0.39, 0.29) is 11.9 Å². The van der Waals surface area contributed by atoms with Gasteiger partial charge in [-0.15, -0.1) is 11.8 Å². The zero-order valence-electron chi connectivity index (χ0n) is 15.7. The maximum absolute atomic E-state index is 12.2. The molecule has 2 aromatic carbocycles. The van der Waals surface area contributed by atoms with E-state index < -0.39 is 0 Å². The number of nitrogens with zero attached hydrogens (tertiary/aromatic N) is 2. The normalized spacial score (nSPS) is 10.5. The minimum Gasteiger partial charge on any atom is -0.426 e. The molecule has 0 atom stereocenters. The summed E-state index contributed by atoms with van der Waals surface area (Å²) in [6.07, 6.45) is 3.42. The van der Waals surface area contributed by atoms with Crippen LogP contribution in [0, 0.1) is 6.92 Å². The molecule has 0 fully saturated rings. The summed E-state index contributed by atoms with van der Waals surface area (Å²) in [7, 11) is 1.74. The lowest BCUT2D eigenvalue weighted by Crippen LogP contribution is -2.12. The van der Waals surface area contributed by atoms with E-state index in [1.807, 2.05) is 31.2 Å². The van der Waals surface area contributed by atoms with Gasteiger partial charge in [-0.1, -0.05) is 23.8 Å². The van der Waals surface area contributed by atoms with Crippen molar-refractivity contribution in [2.45, 2.75) is 18.2 Å². The number of ether oxygens (including phenoxy) is 1. The quantitative estimate of drug-likeness (QED) is 0.371. The molecule has 144 valence electrons. The Morgan fingerprint density at radius 2 is 1.96 bits per heavy atom. The van der Waals surface area contributed by atoms with Gasteiger partial charge in [0, 0.05) is 35.6 Å². The van der Waals surface area contributed by atoms with Crippen molar-refractivity contribution in [3.63, 3.8) is 0 Å². The highest BCUT2D eigenvalue weighted by Gasteiger charge is 2.10. The molecule has 1 N–H and O–H groups in total. The Morgan fingerprint density at radius 1 is 1.18 bits per heavy atom. The summed E-state index contributed by atoms with van der Waals surface area (Å²) in [6, 6.07) is 14.9. The summed E-state index contributed by atoms with van der Waals surface area (Å²) in [5.41, 5.74) is 2.21. The number of aromatic nitrogens is 2. The van der Waals surface area contributed by atoms with E-state index in [0.717, 1.165) is 4.90 Å². The molecule has 28 heavy (non-hydrogen) atoms. The van der Waals surface area contributed by atoms with E-state index >= 15 is 0 Å². The van der Waals surface area contributed by atoms with E-state index in [0.29, 0.717) is 29.2 Å². The molecule has 0 aliphatic carbocycles. The number of thioether (sulfide) groups is 1. The number of carbonyl (C=O) groups is 2. The summed E-state index contributed by atoms with van der Waals surface area (Å²) in [5.74, 6) is 0.454. The maximum Gasteiger partial charge on any atom is 0.312 e. The molecule has 0 saturated carbocycles. The average Bonchev–Trinajstić information content (AvgIpc) is 3.10. The van der Waals surface area contributed by atoms with Gasteiger partial charge in [-0.05, 0) is 31.2 Å². The van der Waals surface area contributed by atoms with Gasteiger partial charge in [-0.2, -0.15) is 5.10 Å². The number of hydrogen-bond donors (Lipinski definition) is 1. The van der Waals surface area contributed by atoms with Crippen LogP contribution in [-0.4, -0.2) is 27.4 Å². The van der Waals surface area contributed by atoms with Crippen LogP contribution in [0.2, 0.25) is 0 Å². The van der Waals surface area contributed by atoms with Crippen molar-refractivity contribution in [1.29, 1.82) is 0 Å². The zero-order chi connectivity index (χ0) is 19.9. The number of aryl methyl sites for hydroxylation is 2. The molecule has 3 rings (SSSR count). The molecule has 0 bridgehead atoms. The smallest absolute Gasteiger partial charge is 0.312 e. The molecule has 1 aromatic heterocycles. The Bertz CT molecular complexity index is 967. The van der Waals surface area contributed by atoms with Crippen LogP contribution >= 0.6 is 11.8 Å². The number of benzene rings is 2. The number of esters is 1. The minimum atomic E-state index is -0.310. The number of amides is 1. The second-order valence-corrected chi connectivity index (χ2v) is 7.44. The molecule has 0 aliphatic heterocycles. The number of carbonyl (C=O) groups excluding carboxylic acids is 2. The van der Waals surface area contributed by atoms with E-state index in [1.54, 1.807) is 54.0 Å². The molecule has 0 radical (unpaired) electrons. The molecule has 0 saturated heterocycles. The van der Waals surface area contributed by atoms with E-state index in [1.165, 1.54) is 11.8 Å². The number of anilines is 1. The molecule has 0 unspecified atom stereocenters. The highest BCUT2D eigenvalue weighted by molar-refractivity contribution is 7.99. The number of hydrogen-bond acceptors (Lipinski definition) is 5. The summed E-state index contributed by atoms with van der Waals surface area (Å²) < 4.78 is 6.94. The Labute approximate surface area is 167 Å². The molecular weight excluding hydrogens is 374 g/mol. The largest absolute Gasteiger partial charge is 0.426 e. The molecule has 1 heterocycles. The van der Waals surface area contributed by atoms with Crippen molar-refractivity contribution < 1.29 is 14.3 Å². The Hall–Kier alpha value is -3.06. The van der Waals surface area contributed by atoms with Crippen molar-refractivity contribution in [2.24, 2.45) is 7.05 Å². The van der Waals surface area contributed by atoms with Crippen LogP contribution in [0.25, 0.3) is 0 Å². The van der Waals surface area contributed by atoms with Gasteiger partial charge in [0.25, 0.3) is 5.91 Å². The van der Waals surface area contributed by atoms with Gasteiger partial charge in [0.05, 0.1) is 18.2 Å². The van der Waals surface area contributed by atoms with Crippen molar-refractivity contribution in [2.75, 3.05) is 11.1 Å². The predicted molar refractivity (Wildman–Crippen MR) is 110 cm³/mol. The fourth-order valence-electron chi connectivity index (χ4n) is 2.45. The topological polar surface area (TPSA) is 73.2 Å². The highest BCUT2D eigenvalue weighted by atomic mass is 32.2. The van der Waals surface area contributed by atoms with Gasteiger partial charge in [-0.25, -0.2) is 0 Å².